The van der Waals surface area contributed by atoms with Crippen LogP contribution < -0.4 is 5.73 Å². The average molecular weight is 771 g/mol. The molecule has 0 radical (unpaired) electrons. The number of carbonyl (C=O) groups is 4. The van der Waals surface area contributed by atoms with Crippen LogP contribution in [0.2, 0.25) is 0 Å². The monoisotopic (exact) mass is 771 g/mol. The SMILES string of the molecule is C=CC1CCN(C(=O)C2(F)CCN(Cc3ccnc(N)c3)CC2)CC1.C=CC1CCN(C(=O)OC(C)(C)C)CC1.CC(C)(C)OC(=O)N1CCC(C=O)CC1. The highest BCUT2D eigenvalue weighted by molar-refractivity contribution is 5.85. The lowest BCUT2D eigenvalue weighted by Gasteiger charge is -2.40. The highest BCUT2D eigenvalue weighted by Gasteiger charge is 2.44. The van der Waals surface area contributed by atoms with Gasteiger partial charge in [-0.05, 0) is 110 Å². The zero-order chi connectivity index (χ0) is 40.8. The van der Waals surface area contributed by atoms with Gasteiger partial charge in [0.05, 0.1) is 0 Å². The summed E-state index contributed by atoms with van der Waals surface area (Å²) in [5.41, 5.74) is 4.21. The minimum atomic E-state index is -1.71. The summed E-state index contributed by atoms with van der Waals surface area (Å²) in [7, 11) is 0. The van der Waals surface area contributed by atoms with E-state index in [1.165, 1.54) is 0 Å². The number of rotatable bonds is 6. The summed E-state index contributed by atoms with van der Waals surface area (Å²) in [6.07, 6.45) is 11.9. The number of piperidine rings is 4. The number of alkyl halides is 1. The van der Waals surface area contributed by atoms with Crippen LogP contribution in [-0.2, 0) is 25.6 Å². The van der Waals surface area contributed by atoms with Crippen LogP contribution in [0.3, 0.4) is 0 Å². The van der Waals surface area contributed by atoms with E-state index in [9.17, 15) is 19.2 Å². The van der Waals surface area contributed by atoms with E-state index in [1.54, 1.807) is 20.9 Å². The van der Waals surface area contributed by atoms with Gasteiger partial charge < -0.3 is 34.7 Å². The molecule has 4 saturated heterocycles. The maximum absolute atomic E-state index is 15.2. The number of anilines is 1. The third-order valence-electron chi connectivity index (χ3n) is 10.4. The Morgan fingerprint density at radius 1 is 0.782 bits per heavy atom. The maximum atomic E-state index is 15.2. The van der Waals surface area contributed by atoms with Gasteiger partial charge in [0.2, 0.25) is 0 Å². The van der Waals surface area contributed by atoms with Crippen molar-refractivity contribution in [1.29, 1.82) is 0 Å². The second-order valence-corrected chi connectivity index (χ2v) is 17.2. The number of carbonyl (C=O) groups excluding carboxylic acids is 4. The van der Waals surface area contributed by atoms with Crippen LogP contribution in [0.4, 0.5) is 19.8 Å². The molecule has 5 heterocycles. The van der Waals surface area contributed by atoms with Gasteiger partial charge in [0.25, 0.3) is 5.91 Å². The molecule has 4 aliphatic heterocycles. The molecule has 0 spiro atoms. The van der Waals surface area contributed by atoms with E-state index in [4.69, 9.17) is 15.2 Å². The molecule has 55 heavy (non-hydrogen) atoms. The number of nitrogen functional groups attached to an aromatic ring is 1. The molecule has 0 atom stereocenters. The van der Waals surface area contributed by atoms with E-state index < -0.39 is 16.9 Å². The molecular weight excluding hydrogens is 703 g/mol. The number of amides is 3. The molecule has 5 rings (SSSR count). The van der Waals surface area contributed by atoms with Crippen molar-refractivity contribution in [1.82, 2.24) is 24.6 Å². The molecule has 4 aliphatic rings. The fraction of sp³-hybridized carbons (Fsp3) is 0.690. The van der Waals surface area contributed by atoms with Gasteiger partial charge in [-0.3, -0.25) is 9.69 Å². The predicted octanol–water partition coefficient (Wildman–Crippen LogP) is 7.04. The van der Waals surface area contributed by atoms with E-state index in [0.717, 1.165) is 63.5 Å². The van der Waals surface area contributed by atoms with E-state index in [1.807, 2.05) is 65.8 Å². The second-order valence-electron chi connectivity index (χ2n) is 17.2. The number of hydrogen-bond donors (Lipinski definition) is 1. The number of hydrogen-bond acceptors (Lipinski definition) is 9. The molecule has 0 unspecified atom stereocenters. The first-order valence-corrected chi connectivity index (χ1v) is 19.9. The highest BCUT2D eigenvalue weighted by Crippen LogP contribution is 2.31. The van der Waals surface area contributed by atoms with Gasteiger partial charge in [-0.2, -0.15) is 0 Å². The van der Waals surface area contributed by atoms with Crippen molar-refractivity contribution in [2.24, 2.45) is 17.8 Å². The number of aldehydes is 1. The van der Waals surface area contributed by atoms with Gasteiger partial charge in [0.15, 0.2) is 5.67 Å². The predicted molar refractivity (Wildman–Crippen MR) is 214 cm³/mol. The zero-order valence-electron chi connectivity index (χ0n) is 34.3. The summed E-state index contributed by atoms with van der Waals surface area (Å²) in [6, 6.07) is 3.76. The lowest BCUT2D eigenvalue weighted by molar-refractivity contribution is -0.148. The summed E-state index contributed by atoms with van der Waals surface area (Å²) in [5.74, 6) is 1.30. The van der Waals surface area contributed by atoms with Gasteiger partial charge in [0, 0.05) is 83.9 Å². The second kappa shape index (κ2) is 20.8. The lowest BCUT2D eigenvalue weighted by atomic mass is 9.89. The van der Waals surface area contributed by atoms with E-state index in [-0.39, 0.29) is 36.9 Å². The number of halogens is 1. The van der Waals surface area contributed by atoms with Crippen LogP contribution in [-0.4, -0.2) is 118 Å². The molecule has 0 bridgehead atoms. The number of nitrogens with zero attached hydrogens (tertiary/aromatic N) is 5. The molecule has 0 aromatic carbocycles. The summed E-state index contributed by atoms with van der Waals surface area (Å²) >= 11 is 0. The summed E-state index contributed by atoms with van der Waals surface area (Å²) < 4.78 is 25.8. The Bertz CT molecular complexity index is 1360. The minimum absolute atomic E-state index is 0.115. The molecule has 2 N–H and O–H groups in total. The molecule has 13 heteroatoms. The van der Waals surface area contributed by atoms with Crippen LogP contribution in [0.15, 0.2) is 43.6 Å². The lowest BCUT2D eigenvalue weighted by Crippen LogP contribution is -2.53. The Labute approximate surface area is 328 Å². The van der Waals surface area contributed by atoms with Crippen molar-refractivity contribution in [3.05, 3.63) is 49.2 Å². The Hall–Kier alpha value is -4.00. The number of ether oxygens (including phenoxy) is 2. The van der Waals surface area contributed by atoms with Crippen molar-refractivity contribution < 1.29 is 33.0 Å². The molecule has 1 aromatic rings. The first-order chi connectivity index (χ1) is 25.8. The zero-order valence-corrected chi connectivity index (χ0v) is 34.3. The largest absolute Gasteiger partial charge is 0.444 e. The van der Waals surface area contributed by atoms with Gasteiger partial charge in [0.1, 0.15) is 23.3 Å². The summed E-state index contributed by atoms with van der Waals surface area (Å²) in [5, 5.41) is 0. The quantitative estimate of drug-likeness (QED) is 0.238. The first kappa shape index (κ1) is 45.4. The van der Waals surface area contributed by atoms with Crippen LogP contribution in [0.5, 0.6) is 0 Å². The van der Waals surface area contributed by atoms with Crippen molar-refractivity contribution in [2.75, 3.05) is 58.1 Å². The number of allylic oxidation sites excluding steroid dienone is 2. The van der Waals surface area contributed by atoms with Gasteiger partial charge in [-0.25, -0.2) is 19.0 Å². The number of nitrogens with two attached hydrogens (primary N) is 1. The summed E-state index contributed by atoms with van der Waals surface area (Å²) in [6.45, 7) is 24.8. The standard InChI is InChI=1S/C19H27FN4O.C12H21NO2.C11H19NO3/c1-2-15-4-9-24(10-5-15)18(25)19(20)6-11-23(12-7-19)14-16-3-8-22-17(21)13-16;1-5-10-6-8-13(9-7-10)11(14)15-12(2,3)4;1-11(2,3)15-10(14)12-6-4-9(8-13)5-7-12/h2-3,8,13,15H,1,4-7,9-12,14H2,(H2,21,22);5,10H,1,6-9H2,2-4H3;8-9H,4-7H2,1-3H3. The van der Waals surface area contributed by atoms with Crippen LogP contribution in [0.25, 0.3) is 0 Å². The van der Waals surface area contributed by atoms with Crippen molar-refractivity contribution >= 4 is 30.2 Å². The Balaban J connectivity index is 0.000000235. The van der Waals surface area contributed by atoms with Crippen LogP contribution in [0, 0.1) is 17.8 Å². The molecule has 308 valence electrons. The van der Waals surface area contributed by atoms with Crippen LogP contribution in [0.1, 0.15) is 98.5 Å². The molecule has 0 aliphatic carbocycles. The van der Waals surface area contributed by atoms with E-state index in [0.29, 0.717) is 63.5 Å². The average Bonchev–Trinajstić information content (AvgIpc) is 3.15. The van der Waals surface area contributed by atoms with Crippen molar-refractivity contribution in [2.45, 2.75) is 116 Å². The smallest absolute Gasteiger partial charge is 0.410 e. The highest BCUT2D eigenvalue weighted by atomic mass is 19.1. The van der Waals surface area contributed by atoms with Crippen LogP contribution >= 0.6 is 0 Å². The van der Waals surface area contributed by atoms with E-state index in [2.05, 4.69) is 23.0 Å². The Morgan fingerprint density at radius 2 is 1.20 bits per heavy atom. The number of pyridine rings is 1. The van der Waals surface area contributed by atoms with E-state index >= 15 is 4.39 Å². The Kier molecular flexibility index (Phi) is 17.2. The van der Waals surface area contributed by atoms with Gasteiger partial charge >= 0.3 is 12.2 Å². The molecule has 3 amide bonds. The third-order valence-corrected chi connectivity index (χ3v) is 10.4. The minimum Gasteiger partial charge on any atom is -0.444 e. The molecular formula is C42H67FN6O6. The van der Waals surface area contributed by atoms with Crippen molar-refractivity contribution in [3.8, 4) is 0 Å². The molecule has 0 saturated carbocycles. The van der Waals surface area contributed by atoms with Gasteiger partial charge in [-0.15, -0.1) is 13.2 Å². The fourth-order valence-corrected chi connectivity index (χ4v) is 6.94. The topological polar surface area (TPSA) is 139 Å². The summed E-state index contributed by atoms with van der Waals surface area (Å²) in [4.78, 5) is 57.8. The molecule has 12 nitrogen and oxygen atoms in total. The number of aromatic nitrogens is 1. The normalized spacial score (nSPS) is 20.2. The molecule has 1 aromatic heterocycles. The number of likely N-dealkylation sites (tertiary alicyclic amines) is 4. The van der Waals surface area contributed by atoms with Gasteiger partial charge in [-0.1, -0.05) is 12.2 Å². The molecule has 4 fully saturated rings. The first-order valence-electron chi connectivity index (χ1n) is 19.9. The fourth-order valence-electron chi connectivity index (χ4n) is 6.94. The Morgan fingerprint density at radius 3 is 1.58 bits per heavy atom. The van der Waals surface area contributed by atoms with Crippen molar-refractivity contribution in [3.63, 3.8) is 0 Å². The third kappa shape index (κ3) is 15.6. The maximum Gasteiger partial charge on any atom is 0.410 e.